The number of alkyl carbamates (subject to hydrolysis) is 1. The quantitative estimate of drug-likeness (QED) is 0.627. The normalized spacial score (nSPS) is 15.4. The largest absolute Gasteiger partial charge is 0.444 e. The van der Waals surface area contributed by atoms with Crippen molar-refractivity contribution in [1.82, 2.24) is 10.6 Å². The highest BCUT2D eigenvalue weighted by atomic mass is 16.6. The van der Waals surface area contributed by atoms with Crippen LogP contribution in [0, 0.1) is 5.92 Å². The third kappa shape index (κ3) is 9.78. The molecule has 0 saturated heterocycles. The van der Waals surface area contributed by atoms with Crippen LogP contribution in [0.15, 0.2) is 30.3 Å². The summed E-state index contributed by atoms with van der Waals surface area (Å²) in [5.74, 6) is 0.592. The number of rotatable bonds is 9. The van der Waals surface area contributed by atoms with Crippen molar-refractivity contribution in [2.75, 3.05) is 6.54 Å². The fourth-order valence-electron chi connectivity index (χ4n) is 2.86. The van der Waals surface area contributed by atoms with Crippen LogP contribution < -0.4 is 10.6 Å². The molecule has 26 heavy (non-hydrogen) atoms. The second-order valence-electron chi connectivity index (χ2n) is 8.45. The van der Waals surface area contributed by atoms with E-state index in [9.17, 15) is 9.90 Å². The molecule has 0 aliphatic rings. The Bertz CT molecular complexity index is 526. The summed E-state index contributed by atoms with van der Waals surface area (Å²) >= 11 is 0. The van der Waals surface area contributed by atoms with Gasteiger partial charge in [-0.2, -0.15) is 0 Å². The molecule has 0 aliphatic carbocycles. The first-order valence-corrected chi connectivity index (χ1v) is 9.51. The zero-order valence-corrected chi connectivity index (χ0v) is 17.1. The standard InChI is InChI=1S/C21H36N2O3/c1-15(2)12-16(3)22-14-19(24)18(13-17-10-8-7-9-11-17)23-20(25)26-21(4,5)6/h7-11,15-16,18-19,22,24H,12-14H2,1-6H3,(H,23,25)/t16?,18-,19-/m0/s1. The first-order valence-electron chi connectivity index (χ1n) is 9.51. The first-order chi connectivity index (χ1) is 12.1. The van der Waals surface area contributed by atoms with E-state index < -0.39 is 23.8 Å². The predicted octanol–water partition coefficient (Wildman–Crippen LogP) is 3.51. The summed E-state index contributed by atoms with van der Waals surface area (Å²) < 4.78 is 5.35. The third-order valence-electron chi connectivity index (χ3n) is 3.97. The van der Waals surface area contributed by atoms with Crippen LogP contribution in [0.5, 0.6) is 0 Å². The van der Waals surface area contributed by atoms with Gasteiger partial charge in [-0.05, 0) is 52.0 Å². The second-order valence-corrected chi connectivity index (χ2v) is 8.45. The highest BCUT2D eigenvalue weighted by molar-refractivity contribution is 5.68. The predicted molar refractivity (Wildman–Crippen MR) is 106 cm³/mol. The fraction of sp³-hybridized carbons (Fsp3) is 0.667. The Morgan fingerprint density at radius 2 is 1.77 bits per heavy atom. The van der Waals surface area contributed by atoms with Crippen LogP contribution in [0.4, 0.5) is 4.79 Å². The SMILES string of the molecule is CC(C)CC(C)NC[C@H](O)[C@H](Cc1ccccc1)NC(=O)OC(C)(C)C. The van der Waals surface area contributed by atoms with Gasteiger partial charge in [0.25, 0.3) is 0 Å². The first kappa shape index (κ1) is 22.5. The average molecular weight is 365 g/mol. The van der Waals surface area contributed by atoms with Gasteiger partial charge in [-0.1, -0.05) is 44.2 Å². The Morgan fingerprint density at radius 3 is 2.31 bits per heavy atom. The Labute approximate surface area is 158 Å². The van der Waals surface area contributed by atoms with Crippen LogP contribution in [0.25, 0.3) is 0 Å². The van der Waals surface area contributed by atoms with Crippen LogP contribution in [-0.2, 0) is 11.2 Å². The van der Waals surface area contributed by atoms with E-state index in [1.807, 2.05) is 51.1 Å². The van der Waals surface area contributed by atoms with Gasteiger partial charge in [-0.15, -0.1) is 0 Å². The van der Waals surface area contributed by atoms with Crippen molar-refractivity contribution in [2.24, 2.45) is 5.92 Å². The van der Waals surface area contributed by atoms with Crippen LogP contribution in [-0.4, -0.2) is 41.5 Å². The smallest absolute Gasteiger partial charge is 0.407 e. The second kappa shape index (κ2) is 10.5. The maximum Gasteiger partial charge on any atom is 0.407 e. The van der Waals surface area contributed by atoms with E-state index in [4.69, 9.17) is 4.74 Å². The van der Waals surface area contributed by atoms with Gasteiger partial charge >= 0.3 is 6.09 Å². The molecule has 5 heteroatoms. The number of nitrogens with one attached hydrogen (secondary N) is 2. The van der Waals surface area contributed by atoms with Crippen molar-refractivity contribution in [3.05, 3.63) is 35.9 Å². The van der Waals surface area contributed by atoms with E-state index in [-0.39, 0.29) is 0 Å². The topological polar surface area (TPSA) is 70.6 Å². The summed E-state index contributed by atoms with van der Waals surface area (Å²) in [6, 6.07) is 9.72. The van der Waals surface area contributed by atoms with E-state index in [0.717, 1.165) is 12.0 Å². The molecular weight excluding hydrogens is 328 g/mol. The third-order valence-corrected chi connectivity index (χ3v) is 3.97. The molecule has 0 aliphatic heterocycles. The van der Waals surface area contributed by atoms with E-state index in [1.54, 1.807) is 0 Å². The number of aliphatic hydroxyl groups is 1. The van der Waals surface area contributed by atoms with Crippen molar-refractivity contribution in [1.29, 1.82) is 0 Å². The highest BCUT2D eigenvalue weighted by Gasteiger charge is 2.25. The number of hydrogen-bond donors (Lipinski definition) is 3. The molecule has 1 rings (SSSR count). The van der Waals surface area contributed by atoms with E-state index in [1.165, 1.54) is 0 Å². The molecular formula is C21H36N2O3. The number of ether oxygens (including phenoxy) is 1. The lowest BCUT2D eigenvalue weighted by Crippen LogP contribution is -2.50. The molecule has 0 heterocycles. The van der Waals surface area contributed by atoms with Crippen molar-refractivity contribution < 1.29 is 14.6 Å². The number of carbonyl (C=O) groups is 1. The Balaban J connectivity index is 2.71. The zero-order chi connectivity index (χ0) is 19.7. The van der Waals surface area contributed by atoms with Crippen molar-refractivity contribution in [3.63, 3.8) is 0 Å². The summed E-state index contributed by atoms with van der Waals surface area (Å²) in [7, 11) is 0. The molecule has 5 nitrogen and oxygen atoms in total. The molecule has 1 unspecified atom stereocenters. The van der Waals surface area contributed by atoms with Gasteiger partial charge in [0, 0.05) is 12.6 Å². The lowest BCUT2D eigenvalue weighted by Gasteiger charge is -2.28. The van der Waals surface area contributed by atoms with E-state index in [2.05, 4.69) is 31.4 Å². The Morgan fingerprint density at radius 1 is 1.15 bits per heavy atom. The van der Waals surface area contributed by atoms with Gasteiger partial charge in [0.2, 0.25) is 0 Å². The summed E-state index contributed by atoms with van der Waals surface area (Å²) in [5, 5.41) is 16.9. The number of aliphatic hydroxyl groups excluding tert-OH is 1. The minimum atomic E-state index is -0.711. The van der Waals surface area contributed by atoms with E-state index in [0.29, 0.717) is 24.9 Å². The summed E-state index contributed by atoms with van der Waals surface area (Å²) in [4.78, 5) is 12.2. The maximum atomic E-state index is 12.2. The summed E-state index contributed by atoms with van der Waals surface area (Å²) in [5.41, 5.74) is 0.485. The number of amides is 1. The van der Waals surface area contributed by atoms with Crippen LogP contribution in [0.3, 0.4) is 0 Å². The lowest BCUT2D eigenvalue weighted by molar-refractivity contribution is 0.0420. The molecule has 0 fully saturated rings. The molecule has 3 atom stereocenters. The molecule has 3 N–H and O–H groups in total. The molecule has 0 radical (unpaired) electrons. The molecule has 1 amide bonds. The minimum Gasteiger partial charge on any atom is -0.444 e. The van der Waals surface area contributed by atoms with Gasteiger partial charge < -0.3 is 20.5 Å². The summed E-state index contributed by atoms with van der Waals surface area (Å²) in [6.07, 6.45) is 0.363. The van der Waals surface area contributed by atoms with Gasteiger partial charge in [-0.25, -0.2) is 4.79 Å². The van der Waals surface area contributed by atoms with Gasteiger partial charge in [0.1, 0.15) is 5.60 Å². The van der Waals surface area contributed by atoms with Crippen molar-refractivity contribution in [3.8, 4) is 0 Å². The number of benzene rings is 1. The Kier molecular flexibility index (Phi) is 9.09. The molecule has 1 aromatic rings. The highest BCUT2D eigenvalue weighted by Crippen LogP contribution is 2.11. The minimum absolute atomic E-state index is 0.309. The Hall–Kier alpha value is -1.59. The van der Waals surface area contributed by atoms with Crippen LogP contribution >= 0.6 is 0 Å². The monoisotopic (exact) mass is 364 g/mol. The van der Waals surface area contributed by atoms with E-state index >= 15 is 0 Å². The van der Waals surface area contributed by atoms with Gasteiger partial charge in [0.05, 0.1) is 12.1 Å². The molecule has 0 spiro atoms. The summed E-state index contributed by atoms with van der Waals surface area (Å²) in [6.45, 7) is 12.4. The van der Waals surface area contributed by atoms with Gasteiger partial charge in [0.15, 0.2) is 0 Å². The van der Waals surface area contributed by atoms with Crippen molar-refractivity contribution in [2.45, 2.75) is 78.2 Å². The maximum absolute atomic E-state index is 12.2. The number of hydrogen-bond acceptors (Lipinski definition) is 4. The molecule has 1 aromatic carbocycles. The fourth-order valence-corrected chi connectivity index (χ4v) is 2.86. The average Bonchev–Trinajstić information content (AvgIpc) is 2.50. The number of carbonyl (C=O) groups excluding carboxylic acids is 1. The van der Waals surface area contributed by atoms with Crippen molar-refractivity contribution >= 4 is 6.09 Å². The molecule has 0 saturated carbocycles. The van der Waals surface area contributed by atoms with Crippen LogP contribution in [0.2, 0.25) is 0 Å². The van der Waals surface area contributed by atoms with Gasteiger partial charge in [-0.3, -0.25) is 0 Å². The zero-order valence-electron chi connectivity index (χ0n) is 17.1. The molecule has 0 aromatic heterocycles. The molecule has 148 valence electrons. The lowest BCUT2D eigenvalue weighted by atomic mass is 10.0. The van der Waals surface area contributed by atoms with Crippen LogP contribution in [0.1, 0.15) is 53.5 Å². The molecule has 0 bridgehead atoms.